The Bertz CT molecular complexity index is 1580. The van der Waals surface area contributed by atoms with Crippen molar-refractivity contribution in [1.82, 2.24) is 19.4 Å². The fraction of sp³-hybridized carbons (Fsp3) is 0.515. The molecule has 1 aromatic carbocycles. The lowest BCUT2D eigenvalue weighted by Crippen LogP contribution is -2.39. The summed E-state index contributed by atoms with van der Waals surface area (Å²) in [4.78, 5) is 25.0. The first-order valence-electron chi connectivity index (χ1n) is 15.2. The van der Waals surface area contributed by atoms with Gasteiger partial charge < -0.3 is 5.32 Å². The third-order valence-electron chi connectivity index (χ3n) is 9.37. The summed E-state index contributed by atoms with van der Waals surface area (Å²) in [6.45, 7) is 4.56. The van der Waals surface area contributed by atoms with Gasteiger partial charge in [0, 0.05) is 36.2 Å². The van der Waals surface area contributed by atoms with Crippen molar-refractivity contribution in [1.29, 1.82) is 5.26 Å². The molecular weight excluding hydrogens is 534 g/mol. The van der Waals surface area contributed by atoms with E-state index in [0.717, 1.165) is 37.8 Å². The zero-order chi connectivity index (χ0) is 29.3. The highest BCUT2D eigenvalue weighted by Crippen LogP contribution is 2.47. The van der Waals surface area contributed by atoms with E-state index in [9.17, 15) is 10.1 Å². The summed E-state index contributed by atoms with van der Waals surface area (Å²) in [5.41, 5.74) is 0.862. The number of aryl methyl sites for hydroxylation is 1. The SMILES string of the molecule is C[C@H]1Nc2ncnc3c2cc(C2(C#N)CC2)c(=O)n3CCCCC/C=C\CN2CCC(CC2)C(F)(F)c2cccc1c2. The van der Waals surface area contributed by atoms with Crippen LogP contribution in [0, 0.1) is 17.2 Å². The van der Waals surface area contributed by atoms with E-state index in [1.54, 1.807) is 22.8 Å². The third kappa shape index (κ3) is 5.45. The van der Waals surface area contributed by atoms with E-state index in [2.05, 4.69) is 38.4 Å². The number of pyridine rings is 1. The lowest BCUT2D eigenvalue weighted by molar-refractivity contribution is -0.0847. The molecule has 3 aromatic rings. The molecule has 0 amide bonds. The number of allylic oxidation sites excluding steroid dienone is 1. The van der Waals surface area contributed by atoms with Gasteiger partial charge in [-0.15, -0.1) is 0 Å². The number of nitrogens with zero attached hydrogens (tertiary/aromatic N) is 5. The number of hydrogen-bond acceptors (Lipinski definition) is 6. The molecule has 5 heterocycles. The van der Waals surface area contributed by atoms with Crippen molar-refractivity contribution in [2.24, 2.45) is 5.92 Å². The quantitative estimate of drug-likeness (QED) is 0.337. The Labute approximate surface area is 245 Å². The largest absolute Gasteiger partial charge is 0.363 e. The molecule has 1 N–H and O–H groups in total. The van der Waals surface area contributed by atoms with E-state index >= 15 is 8.78 Å². The maximum atomic E-state index is 15.8. The van der Waals surface area contributed by atoms with Crippen molar-refractivity contribution in [3.63, 3.8) is 0 Å². The van der Waals surface area contributed by atoms with Crippen LogP contribution in [-0.4, -0.2) is 39.1 Å². The standard InChI is InChI=1S/C33H38F2N6O/c1-23-24-9-8-10-26(19-24)33(34,35)25-11-17-40(18-12-25)15-6-4-2-3-5-7-16-41-30-27(29(39-23)37-22-38-30)20-28(31(41)42)32(21-36)13-14-32/h4,6,8-10,19-20,22-23,25H,2-3,5,7,11-18H2,1H3,(H,37,38,39)/b6-4-/t23-/m1/s1. The van der Waals surface area contributed by atoms with Gasteiger partial charge in [0.2, 0.25) is 0 Å². The number of fused-ring (bicyclic) bond motifs is 9. The highest BCUT2D eigenvalue weighted by atomic mass is 19.3. The van der Waals surface area contributed by atoms with Gasteiger partial charge in [0.1, 0.15) is 17.8 Å². The van der Waals surface area contributed by atoms with Crippen LogP contribution in [0.3, 0.4) is 0 Å². The van der Waals surface area contributed by atoms with Gasteiger partial charge in [0.25, 0.3) is 11.5 Å². The Balaban J connectivity index is 1.40. The second-order valence-electron chi connectivity index (χ2n) is 12.2. The Hall–Kier alpha value is -3.64. The normalized spacial score (nSPS) is 26.4. The summed E-state index contributed by atoms with van der Waals surface area (Å²) < 4.78 is 33.3. The predicted octanol–water partition coefficient (Wildman–Crippen LogP) is 6.45. The summed E-state index contributed by atoms with van der Waals surface area (Å²) in [5.74, 6) is -3.09. The highest BCUT2D eigenvalue weighted by molar-refractivity contribution is 5.87. The number of anilines is 1. The van der Waals surface area contributed by atoms with Gasteiger partial charge >= 0.3 is 0 Å². The van der Waals surface area contributed by atoms with Crippen LogP contribution in [-0.2, 0) is 17.9 Å². The fourth-order valence-electron chi connectivity index (χ4n) is 6.48. The third-order valence-corrected chi connectivity index (χ3v) is 9.37. The molecular formula is C33H38F2N6O. The minimum absolute atomic E-state index is 0.0440. The van der Waals surface area contributed by atoms with Gasteiger partial charge in [-0.25, -0.2) is 18.7 Å². The average molecular weight is 573 g/mol. The summed E-state index contributed by atoms with van der Waals surface area (Å²) in [7, 11) is 0. The van der Waals surface area contributed by atoms with E-state index < -0.39 is 17.3 Å². The van der Waals surface area contributed by atoms with Crippen molar-refractivity contribution in [2.45, 2.75) is 82.2 Å². The fourth-order valence-corrected chi connectivity index (χ4v) is 6.48. The first kappa shape index (κ1) is 28.5. The van der Waals surface area contributed by atoms with Gasteiger partial charge in [-0.3, -0.25) is 14.3 Å². The molecule has 220 valence electrons. The maximum Gasteiger partial charge on any atom is 0.276 e. The van der Waals surface area contributed by atoms with Crippen LogP contribution in [0.1, 0.15) is 81.0 Å². The molecule has 8 bridgehead atoms. The maximum absolute atomic E-state index is 15.8. The number of hydrogen-bond donors (Lipinski definition) is 1. The molecule has 1 saturated carbocycles. The van der Waals surface area contributed by atoms with E-state index in [1.807, 2.05) is 13.0 Å². The predicted molar refractivity (Wildman–Crippen MR) is 159 cm³/mol. The Morgan fingerprint density at radius 1 is 1.05 bits per heavy atom. The second kappa shape index (κ2) is 11.6. The summed E-state index contributed by atoms with van der Waals surface area (Å²) in [6, 6.07) is 10.5. The van der Waals surface area contributed by atoms with Crippen LogP contribution in [0.5, 0.6) is 0 Å². The molecule has 1 saturated heterocycles. The van der Waals surface area contributed by atoms with E-state index in [1.165, 1.54) is 12.4 Å². The van der Waals surface area contributed by atoms with Crippen LogP contribution in [0.2, 0.25) is 0 Å². The summed E-state index contributed by atoms with van der Waals surface area (Å²) >= 11 is 0. The molecule has 7 rings (SSSR count). The van der Waals surface area contributed by atoms with Crippen molar-refractivity contribution in [2.75, 3.05) is 25.0 Å². The van der Waals surface area contributed by atoms with Crippen LogP contribution in [0.25, 0.3) is 11.0 Å². The van der Waals surface area contributed by atoms with Crippen LogP contribution in [0.4, 0.5) is 14.6 Å². The van der Waals surface area contributed by atoms with Gasteiger partial charge in [0.05, 0.1) is 16.9 Å². The highest BCUT2D eigenvalue weighted by Gasteiger charge is 2.47. The molecule has 0 unspecified atom stereocenters. The molecule has 1 atom stereocenters. The molecule has 42 heavy (non-hydrogen) atoms. The molecule has 7 nitrogen and oxygen atoms in total. The lowest BCUT2D eigenvalue weighted by atomic mass is 9.85. The van der Waals surface area contributed by atoms with Crippen molar-refractivity contribution >= 4 is 16.9 Å². The molecule has 3 aliphatic heterocycles. The van der Waals surface area contributed by atoms with Crippen molar-refractivity contribution in [3.05, 3.63) is 75.9 Å². The molecule has 1 aliphatic carbocycles. The molecule has 2 fully saturated rings. The van der Waals surface area contributed by atoms with Crippen LogP contribution in [0.15, 0.2) is 53.6 Å². The van der Waals surface area contributed by atoms with Gasteiger partial charge in [-0.1, -0.05) is 36.8 Å². The Morgan fingerprint density at radius 3 is 2.62 bits per heavy atom. The Kier molecular flexibility index (Phi) is 7.84. The van der Waals surface area contributed by atoms with Gasteiger partial charge in [-0.2, -0.15) is 5.26 Å². The Morgan fingerprint density at radius 2 is 1.86 bits per heavy atom. The number of alkyl halides is 2. The van der Waals surface area contributed by atoms with Gasteiger partial charge in [0.15, 0.2) is 0 Å². The zero-order valence-electron chi connectivity index (χ0n) is 24.2. The van der Waals surface area contributed by atoms with Crippen LogP contribution < -0.4 is 10.9 Å². The van der Waals surface area contributed by atoms with E-state index in [0.29, 0.717) is 67.7 Å². The molecule has 0 spiro atoms. The number of rotatable bonds is 1. The van der Waals surface area contributed by atoms with Crippen LogP contribution >= 0.6 is 0 Å². The van der Waals surface area contributed by atoms with E-state index in [-0.39, 0.29) is 17.2 Å². The van der Waals surface area contributed by atoms with E-state index in [4.69, 9.17) is 0 Å². The molecule has 4 aliphatic rings. The number of benzene rings is 1. The summed E-state index contributed by atoms with van der Waals surface area (Å²) in [5, 5.41) is 14.0. The van der Waals surface area contributed by atoms with Crippen molar-refractivity contribution < 1.29 is 8.78 Å². The number of aromatic nitrogens is 3. The number of piperidine rings is 1. The zero-order valence-corrected chi connectivity index (χ0v) is 24.2. The monoisotopic (exact) mass is 572 g/mol. The molecule has 2 aromatic heterocycles. The minimum Gasteiger partial charge on any atom is -0.363 e. The first-order valence-corrected chi connectivity index (χ1v) is 15.2. The average Bonchev–Trinajstić information content (AvgIpc) is 3.80. The minimum atomic E-state index is -2.92. The topological polar surface area (TPSA) is 86.8 Å². The second-order valence-corrected chi connectivity index (χ2v) is 12.2. The molecule has 0 radical (unpaired) electrons. The molecule has 9 heteroatoms. The number of nitrogens with one attached hydrogen (secondary N) is 1. The lowest BCUT2D eigenvalue weighted by Gasteiger charge is -2.35. The summed E-state index contributed by atoms with van der Waals surface area (Å²) in [6.07, 6.45) is 11.7. The van der Waals surface area contributed by atoms with Gasteiger partial charge in [-0.05, 0) is 82.7 Å². The van der Waals surface area contributed by atoms with Crippen molar-refractivity contribution in [3.8, 4) is 6.07 Å². The smallest absolute Gasteiger partial charge is 0.276 e. The first-order chi connectivity index (χ1) is 20.3. The number of halogens is 2. The number of nitriles is 1.